The Morgan fingerprint density at radius 3 is 2.44 bits per heavy atom. The number of sulfonamides is 1. The van der Waals surface area contributed by atoms with Gasteiger partial charge in [0.25, 0.3) is 0 Å². The van der Waals surface area contributed by atoms with Gasteiger partial charge in [0.05, 0.1) is 0 Å². The number of alkyl halides is 2. The van der Waals surface area contributed by atoms with Crippen molar-refractivity contribution >= 4 is 27.6 Å². The van der Waals surface area contributed by atoms with Crippen LogP contribution < -0.4 is 26.1 Å². The summed E-state index contributed by atoms with van der Waals surface area (Å²) in [5.74, 6) is 2.42. The van der Waals surface area contributed by atoms with Gasteiger partial charge in [0.2, 0.25) is 0 Å². The molecule has 4 rings (SSSR count). The average molecular weight is 598 g/mol. The van der Waals surface area contributed by atoms with Crippen LogP contribution in [0.25, 0.3) is 0 Å². The molecule has 0 aliphatic carbocycles. The van der Waals surface area contributed by atoms with Gasteiger partial charge < -0.3 is 0 Å². The zero-order chi connectivity index (χ0) is 22.6. The third kappa shape index (κ3) is 6.67. The molecule has 4 heterocycles. The minimum atomic E-state index is -3.06. The van der Waals surface area contributed by atoms with Crippen molar-refractivity contribution in [2.45, 2.75) is 53.3 Å². The van der Waals surface area contributed by atoms with Gasteiger partial charge >= 0.3 is 202 Å². The molecule has 3 aliphatic heterocycles. The van der Waals surface area contributed by atoms with Crippen LogP contribution in [0.3, 0.4) is 0 Å². The van der Waals surface area contributed by atoms with Crippen LogP contribution in [-0.4, -0.2) is 75.7 Å². The summed E-state index contributed by atoms with van der Waals surface area (Å²) in [7, 11) is -3.06. The second kappa shape index (κ2) is 11.5. The van der Waals surface area contributed by atoms with E-state index in [1.165, 1.54) is 12.8 Å². The number of hydrogen-bond donors (Lipinski definition) is 0. The predicted octanol–water partition coefficient (Wildman–Crippen LogP) is 0.0447. The third-order valence-corrected chi connectivity index (χ3v) is 12.9. The second-order valence-corrected chi connectivity index (χ2v) is 15.4. The summed E-state index contributed by atoms with van der Waals surface area (Å²) < 4.78 is 34.2. The van der Waals surface area contributed by atoms with E-state index in [-0.39, 0.29) is 21.2 Å². The van der Waals surface area contributed by atoms with Crippen LogP contribution in [0.4, 0.5) is 5.95 Å². The van der Waals surface area contributed by atoms with Crippen LogP contribution in [0.1, 0.15) is 45.4 Å². The molecule has 0 spiro atoms. The first-order valence-corrected chi connectivity index (χ1v) is 16.3. The van der Waals surface area contributed by atoms with Gasteiger partial charge in [-0.05, 0) is 0 Å². The van der Waals surface area contributed by atoms with Crippen molar-refractivity contribution in [3.05, 3.63) is 17.4 Å². The fourth-order valence-corrected chi connectivity index (χ4v) is 9.88. The number of rotatable bonds is 10. The van der Waals surface area contributed by atoms with Gasteiger partial charge in [-0.2, -0.15) is 0 Å². The fourth-order valence-electron chi connectivity index (χ4n) is 4.72. The maximum absolute atomic E-state index is 12.3. The van der Waals surface area contributed by atoms with Gasteiger partial charge in [-0.25, -0.2) is 0 Å². The number of halogens is 2. The van der Waals surface area contributed by atoms with Crippen molar-refractivity contribution in [1.82, 2.24) is 14.3 Å². The molecule has 32 heavy (non-hydrogen) atoms. The quantitative estimate of drug-likeness (QED) is 0.280. The van der Waals surface area contributed by atoms with Crippen LogP contribution >= 0.6 is 11.6 Å². The van der Waals surface area contributed by atoms with Crippen molar-refractivity contribution in [2.24, 2.45) is 11.8 Å². The predicted molar refractivity (Wildman–Crippen MR) is 123 cm³/mol. The first-order chi connectivity index (χ1) is 15.5. The van der Waals surface area contributed by atoms with Gasteiger partial charge in [-0.15, -0.1) is 0 Å². The fraction of sp³-hybridized carbons (Fsp3) is 0.818. The zero-order valence-electron chi connectivity index (χ0n) is 18.8. The van der Waals surface area contributed by atoms with Crippen molar-refractivity contribution < 1.29 is 34.4 Å². The Morgan fingerprint density at radius 1 is 1.09 bits per heavy atom. The van der Waals surface area contributed by atoms with Crippen LogP contribution in [0.2, 0.25) is 5.02 Å². The standard InChI is InChI=1S/C22H35ClIN4O3S/c1-2-3-12-32(29,30)28-10-4-17(5-11-28)15-31-16-20-21(24-20)18-6-8-27(9-7-18)22-25-13-19(23)14-26-22/h13-14,17-18,20-21H,2-12,15-16H2,1H3/q-1/t20-,21+/m0/s1. The summed E-state index contributed by atoms with van der Waals surface area (Å²) in [5, 5.41) is 0.580. The molecule has 0 bridgehead atoms. The summed E-state index contributed by atoms with van der Waals surface area (Å²) in [4.78, 5) is 11.0. The molecule has 0 N–H and O–H groups in total. The molecule has 2 atom stereocenters. The molecular formula is C22H35ClIN4O3S-. The number of piperidine rings is 2. The summed E-state index contributed by atoms with van der Waals surface area (Å²) in [5.41, 5.74) is 0. The number of anilines is 1. The first kappa shape index (κ1) is 24.9. The number of ether oxygens (including phenoxy) is 1. The van der Waals surface area contributed by atoms with E-state index in [1.807, 2.05) is 6.92 Å². The SMILES string of the molecule is CCCCS(=O)(=O)N1CCC(COC[C@@H]2[I-][C@@H]2C2CCN(c3ncc(Cl)cn3)CC2)CC1. The molecule has 7 nitrogen and oxygen atoms in total. The Kier molecular flexibility index (Phi) is 8.91. The van der Waals surface area contributed by atoms with Crippen molar-refractivity contribution in [3.8, 4) is 0 Å². The van der Waals surface area contributed by atoms with E-state index in [0.717, 1.165) is 71.7 Å². The minimum absolute atomic E-state index is 0.268. The number of aromatic nitrogens is 2. The topological polar surface area (TPSA) is 75.6 Å². The molecule has 0 aromatic carbocycles. The molecule has 1 aromatic rings. The monoisotopic (exact) mass is 597 g/mol. The number of nitrogens with zero attached hydrogens (tertiary/aromatic N) is 4. The van der Waals surface area contributed by atoms with E-state index in [2.05, 4.69) is 14.9 Å². The van der Waals surface area contributed by atoms with Crippen LogP contribution in [0.15, 0.2) is 12.4 Å². The van der Waals surface area contributed by atoms with E-state index in [0.29, 0.717) is 29.8 Å². The Hall–Kier alpha value is -0.230. The van der Waals surface area contributed by atoms with Crippen molar-refractivity contribution in [3.63, 3.8) is 0 Å². The van der Waals surface area contributed by atoms with E-state index in [9.17, 15) is 8.42 Å². The van der Waals surface area contributed by atoms with Crippen molar-refractivity contribution in [2.75, 3.05) is 50.0 Å². The van der Waals surface area contributed by atoms with Gasteiger partial charge in [-0.1, -0.05) is 6.92 Å². The van der Waals surface area contributed by atoms with E-state index in [4.69, 9.17) is 16.3 Å². The van der Waals surface area contributed by atoms with Gasteiger partial charge in [0.1, 0.15) is 0 Å². The molecule has 182 valence electrons. The molecular weight excluding hydrogens is 563 g/mol. The van der Waals surface area contributed by atoms with Crippen LogP contribution in [0, 0.1) is 11.8 Å². The molecule has 1 aromatic heterocycles. The Labute approximate surface area is 208 Å². The number of hydrogen-bond acceptors (Lipinski definition) is 6. The molecule has 0 amide bonds. The maximum atomic E-state index is 12.3. The molecule has 3 saturated heterocycles. The number of unbranched alkanes of at least 4 members (excludes halogenated alkanes) is 1. The van der Waals surface area contributed by atoms with E-state index >= 15 is 0 Å². The Bertz CT molecular complexity index is 828. The molecule has 0 radical (unpaired) electrons. The van der Waals surface area contributed by atoms with Crippen LogP contribution in [-0.2, 0) is 14.8 Å². The van der Waals surface area contributed by atoms with E-state index in [1.54, 1.807) is 16.7 Å². The molecule has 10 heteroatoms. The van der Waals surface area contributed by atoms with Gasteiger partial charge in [-0.3, -0.25) is 0 Å². The summed E-state index contributed by atoms with van der Waals surface area (Å²) in [6.45, 7) is 7.12. The van der Waals surface area contributed by atoms with Gasteiger partial charge in [0.15, 0.2) is 0 Å². The van der Waals surface area contributed by atoms with Crippen molar-refractivity contribution in [1.29, 1.82) is 0 Å². The summed E-state index contributed by atoms with van der Waals surface area (Å²) >= 11 is 6.16. The first-order valence-electron chi connectivity index (χ1n) is 11.9. The third-order valence-electron chi connectivity index (χ3n) is 6.82. The molecule has 0 saturated carbocycles. The molecule has 3 aliphatic rings. The van der Waals surface area contributed by atoms with Gasteiger partial charge in [0, 0.05) is 0 Å². The van der Waals surface area contributed by atoms with Crippen LogP contribution in [0.5, 0.6) is 0 Å². The Morgan fingerprint density at radius 2 is 1.78 bits per heavy atom. The average Bonchev–Trinajstić information content (AvgIpc) is 3.58. The molecule has 3 fully saturated rings. The second-order valence-electron chi connectivity index (χ2n) is 9.16. The zero-order valence-corrected chi connectivity index (χ0v) is 22.6. The summed E-state index contributed by atoms with van der Waals surface area (Å²) in [6.07, 6.45) is 9.32. The normalized spacial score (nSPS) is 26.1. The van der Waals surface area contributed by atoms with E-state index < -0.39 is 10.0 Å². The summed E-state index contributed by atoms with van der Waals surface area (Å²) in [6, 6.07) is 0. The molecule has 0 unspecified atom stereocenters. The Balaban J connectivity index is 1.10.